The van der Waals surface area contributed by atoms with Crippen molar-refractivity contribution in [3.05, 3.63) is 22.4 Å². The molecule has 9 heteroatoms. The highest BCUT2D eigenvalue weighted by Gasteiger charge is 2.13. The molecule has 0 aliphatic rings. The van der Waals surface area contributed by atoms with Crippen LogP contribution in [0.25, 0.3) is 0 Å². The van der Waals surface area contributed by atoms with Crippen LogP contribution < -0.4 is 16.4 Å². The lowest BCUT2D eigenvalue weighted by Crippen LogP contribution is -2.26. The molecule has 4 N–H and O–H groups in total. The van der Waals surface area contributed by atoms with Crippen LogP contribution in [0.4, 0.5) is 4.39 Å². The normalized spacial score (nSPS) is 12.5. The summed E-state index contributed by atoms with van der Waals surface area (Å²) in [6.07, 6.45) is 2.54. The second-order valence-corrected chi connectivity index (χ2v) is 5.22. The van der Waals surface area contributed by atoms with Gasteiger partial charge < -0.3 is 21.1 Å². The molecule has 0 saturated carbocycles. The molecule has 0 aliphatic carbocycles. The van der Waals surface area contributed by atoms with Gasteiger partial charge in [-0.3, -0.25) is 4.79 Å². The van der Waals surface area contributed by atoms with Crippen molar-refractivity contribution in [1.29, 1.82) is 0 Å². The fourth-order valence-corrected chi connectivity index (χ4v) is 2.21. The number of hydrogen-bond donors (Lipinski definition) is 3. The Morgan fingerprint density at radius 1 is 1.57 bits per heavy atom. The van der Waals surface area contributed by atoms with Crippen LogP contribution in [0, 0.1) is 0 Å². The van der Waals surface area contributed by atoms with Crippen LogP contribution in [0.3, 0.4) is 0 Å². The first kappa shape index (κ1) is 17.3. The second kappa shape index (κ2) is 10.1. The van der Waals surface area contributed by atoms with Crippen LogP contribution in [0.15, 0.2) is 12.4 Å². The lowest BCUT2D eigenvalue weighted by Gasteiger charge is -2.05. The molecule has 1 amide bonds. The van der Waals surface area contributed by atoms with E-state index in [4.69, 9.17) is 10.5 Å². The van der Waals surface area contributed by atoms with Gasteiger partial charge >= 0.3 is 0 Å². The van der Waals surface area contributed by atoms with Crippen molar-refractivity contribution < 1.29 is 13.9 Å². The summed E-state index contributed by atoms with van der Waals surface area (Å²) in [5.74, 6) is -0.289. The number of nitrogens with zero attached hydrogens (tertiary/aromatic N) is 2. The zero-order chi connectivity index (χ0) is 15.5. The number of ether oxygens (including phenoxy) is 1. The SMILES string of the molecule is COCCNC(=O)c1nnc(CCC(F)CN/C=C\N)s1. The average Bonchev–Trinajstić information content (AvgIpc) is 2.94. The average molecular weight is 317 g/mol. The predicted octanol–water partition coefficient (Wildman–Crippen LogP) is 0.205. The van der Waals surface area contributed by atoms with Gasteiger partial charge in [0.1, 0.15) is 11.2 Å². The molecule has 0 bridgehead atoms. The van der Waals surface area contributed by atoms with Crippen molar-refractivity contribution >= 4 is 17.2 Å². The van der Waals surface area contributed by atoms with E-state index in [0.29, 0.717) is 31.0 Å². The third kappa shape index (κ3) is 7.00. The van der Waals surface area contributed by atoms with E-state index < -0.39 is 6.17 Å². The maximum Gasteiger partial charge on any atom is 0.282 e. The number of halogens is 1. The molecule has 118 valence electrons. The Morgan fingerprint density at radius 2 is 2.38 bits per heavy atom. The van der Waals surface area contributed by atoms with Gasteiger partial charge in [-0.05, 0) is 6.42 Å². The Hall–Kier alpha value is -1.74. The quantitative estimate of drug-likeness (QED) is 0.533. The van der Waals surface area contributed by atoms with Gasteiger partial charge in [0.15, 0.2) is 0 Å². The standard InChI is InChI=1S/C12H20FN5O2S/c1-20-7-6-16-11(19)12-18-17-10(21-12)3-2-9(13)8-15-5-4-14/h4-5,9,15H,2-3,6-8,14H2,1H3,(H,16,19)/b5-4-. The molecule has 0 aromatic carbocycles. The third-order valence-electron chi connectivity index (χ3n) is 2.48. The first-order valence-corrected chi connectivity index (χ1v) is 7.32. The summed E-state index contributed by atoms with van der Waals surface area (Å²) < 4.78 is 18.3. The number of nitrogens with two attached hydrogens (primary N) is 1. The smallest absolute Gasteiger partial charge is 0.282 e. The van der Waals surface area contributed by atoms with Crippen molar-refractivity contribution in [3.8, 4) is 0 Å². The summed E-state index contributed by atoms with van der Waals surface area (Å²) in [7, 11) is 1.56. The van der Waals surface area contributed by atoms with Gasteiger partial charge in [0.25, 0.3) is 5.91 Å². The van der Waals surface area contributed by atoms with Gasteiger partial charge in [0, 0.05) is 39.0 Å². The highest BCUT2D eigenvalue weighted by atomic mass is 32.1. The van der Waals surface area contributed by atoms with E-state index in [1.54, 1.807) is 7.11 Å². The number of aromatic nitrogens is 2. The number of rotatable bonds is 10. The summed E-state index contributed by atoms with van der Waals surface area (Å²) >= 11 is 1.17. The number of methoxy groups -OCH3 is 1. The maximum absolute atomic E-state index is 13.5. The van der Waals surface area contributed by atoms with E-state index in [2.05, 4.69) is 20.8 Å². The number of hydrogen-bond acceptors (Lipinski definition) is 7. The van der Waals surface area contributed by atoms with E-state index >= 15 is 0 Å². The van der Waals surface area contributed by atoms with Crippen LogP contribution in [0.5, 0.6) is 0 Å². The Morgan fingerprint density at radius 3 is 3.10 bits per heavy atom. The molecule has 1 unspecified atom stereocenters. The van der Waals surface area contributed by atoms with E-state index in [9.17, 15) is 9.18 Å². The minimum atomic E-state index is -1.01. The highest BCUT2D eigenvalue weighted by molar-refractivity contribution is 7.13. The lowest BCUT2D eigenvalue weighted by molar-refractivity contribution is 0.0936. The molecule has 0 fully saturated rings. The van der Waals surface area contributed by atoms with Gasteiger partial charge in [-0.1, -0.05) is 11.3 Å². The Balaban J connectivity index is 2.32. The number of nitrogens with one attached hydrogen (secondary N) is 2. The number of aryl methyl sites for hydroxylation is 1. The molecule has 0 aliphatic heterocycles. The van der Waals surface area contributed by atoms with E-state index in [1.165, 1.54) is 23.7 Å². The van der Waals surface area contributed by atoms with E-state index in [1.807, 2.05) is 0 Å². The fraction of sp³-hybridized carbons (Fsp3) is 0.583. The van der Waals surface area contributed by atoms with Crippen LogP contribution >= 0.6 is 11.3 Å². The fourth-order valence-electron chi connectivity index (χ4n) is 1.43. The minimum Gasteiger partial charge on any atom is -0.403 e. The Labute approximate surface area is 126 Å². The van der Waals surface area contributed by atoms with Gasteiger partial charge in [-0.15, -0.1) is 10.2 Å². The van der Waals surface area contributed by atoms with Crippen molar-refractivity contribution in [1.82, 2.24) is 20.8 Å². The third-order valence-corrected chi connectivity index (χ3v) is 3.46. The second-order valence-electron chi connectivity index (χ2n) is 4.15. The van der Waals surface area contributed by atoms with Crippen LogP contribution in [0.1, 0.15) is 21.2 Å². The summed E-state index contributed by atoms with van der Waals surface area (Å²) in [4.78, 5) is 11.7. The monoisotopic (exact) mass is 317 g/mol. The van der Waals surface area contributed by atoms with Crippen molar-refractivity contribution in [2.45, 2.75) is 19.0 Å². The van der Waals surface area contributed by atoms with Gasteiger partial charge in [0.2, 0.25) is 5.01 Å². The molecule has 1 aromatic rings. The number of carbonyl (C=O) groups excluding carboxylic acids is 1. The van der Waals surface area contributed by atoms with Crippen LogP contribution in [-0.4, -0.2) is 49.1 Å². The first-order valence-electron chi connectivity index (χ1n) is 6.51. The molecule has 1 heterocycles. The van der Waals surface area contributed by atoms with Gasteiger partial charge in [0.05, 0.1) is 6.61 Å². The maximum atomic E-state index is 13.5. The van der Waals surface area contributed by atoms with Crippen molar-refractivity contribution in [2.75, 3.05) is 26.8 Å². The summed E-state index contributed by atoms with van der Waals surface area (Å²) in [5.41, 5.74) is 5.13. The van der Waals surface area contributed by atoms with Crippen molar-refractivity contribution in [3.63, 3.8) is 0 Å². The molecular weight excluding hydrogens is 297 g/mol. The van der Waals surface area contributed by atoms with E-state index in [0.717, 1.165) is 0 Å². The largest absolute Gasteiger partial charge is 0.403 e. The molecule has 21 heavy (non-hydrogen) atoms. The molecule has 1 rings (SSSR count). The highest BCUT2D eigenvalue weighted by Crippen LogP contribution is 2.13. The lowest BCUT2D eigenvalue weighted by atomic mass is 10.2. The number of carbonyl (C=O) groups is 1. The predicted molar refractivity (Wildman–Crippen MR) is 78.7 cm³/mol. The topological polar surface area (TPSA) is 102 Å². The van der Waals surface area contributed by atoms with E-state index in [-0.39, 0.29) is 17.5 Å². The minimum absolute atomic E-state index is 0.191. The molecule has 7 nitrogen and oxygen atoms in total. The zero-order valence-corrected chi connectivity index (χ0v) is 12.7. The molecular formula is C12H20FN5O2S. The number of amides is 1. The zero-order valence-electron chi connectivity index (χ0n) is 11.8. The van der Waals surface area contributed by atoms with Crippen LogP contribution in [-0.2, 0) is 11.2 Å². The summed E-state index contributed by atoms with van der Waals surface area (Å²) in [5, 5.41) is 14.0. The summed E-state index contributed by atoms with van der Waals surface area (Å²) in [6.45, 7) is 1.04. The van der Waals surface area contributed by atoms with Crippen LogP contribution in [0.2, 0.25) is 0 Å². The summed E-state index contributed by atoms with van der Waals surface area (Å²) in [6, 6.07) is 0. The van der Waals surface area contributed by atoms with Crippen molar-refractivity contribution in [2.24, 2.45) is 5.73 Å². The first-order chi connectivity index (χ1) is 10.2. The van der Waals surface area contributed by atoms with Gasteiger partial charge in [-0.25, -0.2) is 4.39 Å². The molecule has 1 atom stereocenters. The molecule has 1 aromatic heterocycles. The molecule has 0 spiro atoms. The molecule has 0 radical (unpaired) electrons. The Bertz CT molecular complexity index is 455. The Kier molecular flexibility index (Phi) is 8.29. The number of alkyl halides is 1. The molecule has 0 saturated heterocycles. The van der Waals surface area contributed by atoms with Gasteiger partial charge in [-0.2, -0.15) is 0 Å².